The van der Waals surface area contributed by atoms with Gasteiger partial charge in [-0.1, -0.05) is 0 Å². The first-order valence-electron chi connectivity index (χ1n) is 6.45. The molecule has 0 saturated heterocycles. The van der Waals surface area contributed by atoms with E-state index in [1.54, 1.807) is 0 Å². The fourth-order valence-electron chi connectivity index (χ4n) is 2.42. The number of nitrogen functional groups attached to an aromatic ring is 1. The van der Waals surface area contributed by atoms with Crippen molar-refractivity contribution in [2.45, 2.75) is 57.6 Å². The Morgan fingerprint density at radius 1 is 1.56 bits per heavy atom. The predicted molar refractivity (Wildman–Crippen MR) is 68.7 cm³/mol. The first-order valence-corrected chi connectivity index (χ1v) is 6.45. The second kappa shape index (κ2) is 5.69. The van der Waals surface area contributed by atoms with E-state index >= 15 is 0 Å². The number of aliphatic hydroxyl groups is 1. The van der Waals surface area contributed by atoms with Gasteiger partial charge in [-0.2, -0.15) is 5.10 Å². The molecule has 1 aliphatic rings. The molecule has 1 aliphatic carbocycles. The van der Waals surface area contributed by atoms with Gasteiger partial charge >= 0.3 is 0 Å². The number of aliphatic hydroxyl groups excluding tert-OH is 1. The molecule has 0 spiro atoms. The summed E-state index contributed by atoms with van der Waals surface area (Å²) in [6, 6.07) is 2.07. The molecule has 5 N–H and O–H groups in total. The van der Waals surface area contributed by atoms with Crippen LogP contribution in [0, 0.1) is 0 Å². The van der Waals surface area contributed by atoms with E-state index < -0.39 is 6.41 Å². The van der Waals surface area contributed by atoms with Crippen molar-refractivity contribution in [1.82, 2.24) is 15.5 Å². The van der Waals surface area contributed by atoms with Gasteiger partial charge in [0.05, 0.1) is 6.10 Å². The van der Waals surface area contributed by atoms with Crippen LogP contribution in [-0.2, 0) is 4.74 Å². The Morgan fingerprint density at radius 3 is 2.94 bits per heavy atom. The van der Waals surface area contributed by atoms with Crippen LogP contribution in [0.4, 0.5) is 5.82 Å². The van der Waals surface area contributed by atoms with Gasteiger partial charge in [-0.3, -0.25) is 10.4 Å². The highest BCUT2D eigenvalue weighted by molar-refractivity contribution is 5.30. The molecule has 0 aromatic carbocycles. The zero-order valence-corrected chi connectivity index (χ0v) is 10.9. The van der Waals surface area contributed by atoms with Gasteiger partial charge in [0.1, 0.15) is 5.82 Å². The van der Waals surface area contributed by atoms with E-state index in [2.05, 4.69) is 15.5 Å². The zero-order valence-electron chi connectivity index (χ0n) is 10.9. The van der Waals surface area contributed by atoms with Gasteiger partial charge < -0.3 is 15.6 Å². The van der Waals surface area contributed by atoms with Gasteiger partial charge in [-0.15, -0.1) is 0 Å². The fraction of sp³-hybridized carbons (Fsp3) is 0.750. The summed E-state index contributed by atoms with van der Waals surface area (Å²) in [5.74, 6) is 0.918. The monoisotopic (exact) mass is 254 g/mol. The Kier molecular flexibility index (Phi) is 4.21. The van der Waals surface area contributed by atoms with E-state index in [0.29, 0.717) is 11.7 Å². The van der Waals surface area contributed by atoms with Gasteiger partial charge in [0.2, 0.25) is 6.41 Å². The molecule has 0 bridgehead atoms. The van der Waals surface area contributed by atoms with Crippen LogP contribution < -0.4 is 11.1 Å². The third-order valence-electron chi connectivity index (χ3n) is 3.24. The number of hydrogen-bond donors (Lipinski definition) is 4. The summed E-state index contributed by atoms with van der Waals surface area (Å²) in [6.45, 7) is 3.94. The molecule has 2 rings (SSSR count). The molecule has 1 aromatic rings. The number of nitrogens with two attached hydrogens (primary N) is 1. The van der Waals surface area contributed by atoms with Crippen LogP contribution in [0.15, 0.2) is 6.07 Å². The number of aromatic amines is 1. The van der Waals surface area contributed by atoms with E-state index in [0.717, 1.165) is 25.0 Å². The molecule has 1 unspecified atom stereocenters. The predicted octanol–water partition coefficient (Wildman–Crippen LogP) is 0.918. The summed E-state index contributed by atoms with van der Waals surface area (Å²) in [5, 5.41) is 19.5. The van der Waals surface area contributed by atoms with Crippen molar-refractivity contribution in [3.63, 3.8) is 0 Å². The molecule has 1 aromatic heterocycles. The van der Waals surface area contributed by atoms with Crippen LogP contribution in [0.3, 0.4) is 0 Å². The first kappa shape index (κ1) is 13.3. The molecule has 1 heterocycles. The second-order valence-electron chi connectivity index (χ2n) is 5.19. The van der Waals surface area contributed by atoms with Gasteiger partial charge in [-0.05, 0) is 33.1 Å². The van der Waals surface area contributed by atoms with Crippen LogP contribution in [0.5, 0.6) is 0 Å². The van der Waals surface area contributed by atoms with Crippen molar-refractivity contribution in [2.24, 2.45) is 0 Å². The van der Waals surface area contributed by atoms with E-state index in [-0.39, 0.29) is 12.1 Å². The average Bonchev–Trinajstić information content (AvgIpc) is 2.85. The minimum Gasteiger partial charge on any atom is -0.382 e. The lowest BCUT2D eigenvalue weighted by atomic mass is 10.0. The Bertz CT molecular complexity index is 380. The molecule has 1 fully saturated rings. The number of hydrogen-bond acceptors (Lipinski definition) is 5. The van der Waals surface area contributed by atoms with Crippen molar-refractivity contribution in [3.8, 4) is 0 Å². The third kappa shape index (κ3) is 3.44. The standard InChI is InChI=1S/C12H22N4O2/c1-7(2)14-12(17)18-9-4-3-8(5-9)10-6-11(13)16-15-10/h6-9,12,14,17H,3-5H2,1-2H3,(H3,13,15,16)/t8-,9+,12?/m0/s1. The Labute approximate surface area is 107 Å². The molecule has 0 amide bonds. The zero-order chi connectivity index (χ0) is 13.1. The van der Waals surface area contributed by atoms with Gasteiger partial charge in [0, 0.05) is 23.7 Å². The number of nitrogens with zero attached hydrogens (tertiary/aromatic N) is 1. The molecular weight excluding hydrogens is 232 g/mol. The first-order chi connectivity index (χ1) is 8.54. The maximum Gasteiger partial charge on any atom is 0.213 e. The van der Waals surface area contributed by atoms with Gasteiger partial charge in [0.15, 0.2) is 0 Å². The second-order valence-corrected chi connectivity index (χ2v) is 5.19. The van der Waals surface area contributed by atoms with Crippen LogP contribution in [0.1, 0.15) is 44.7 Å². The normalized spacial score (nSPS) is 25.8. The number of rotatable bonds is 5. The minimum absolute atomic E-state index is 0.0841. The molecule has 0 radical (unpaired) electrons. The van der Waals surface area contributed by atoms with Crippen molar-refractivity contribution < 1.29 is 9.84 Å². The summed E-state index contributed by atoms with van der Waals surface area (Å²) in [5.41, 5.74) is 6.65. The molecule has 1 saturated carbocycles. The molecular formula is C12H22N4O2. The van der Waals surface area contributed by atoms with E-state index in [1.807, 2.05) is 19.9 Å². The molecule has 18 heavy (non-hydrogen) atoms. The summed E-state index contributed by atoms with van der Waals surface area (Å²) < 4.78 is 5.56. The lowest BCUT2D eigenvalue weighted by Crippen LogP contribution is -2.38. The number of anilines is 1. The van der Waals surface area contributed by atoms with E-state index in [1.165, 1.54) is 0 Å². The number of aromatic nitrogens is 2. The highest BCUT2D eigenvalue weighted by Crippen LogP contribution is 2.35. The van der Waals surface area contributed by atoms with Crippen LogP contribution in [0.2, 0.25) is 0 Å². The Hall–Kier alpha value is -1.11. The summed E-state index contributed by atoms with van der Waals surface area (Å²) in [7, 11) is 0. The Morgan fingerprint density at radius 2 is 2.33 bits per heavy atom. The topological polar surface area (TPSA) is 96.2 Å². The number of nitrogens with one attached hydrogen (secondary N) is 2. The molecule has 102 valence electrons. The molecule has 6 nitrogen and oxygen atoms in total. The van der Waals surface area contributed by atoms with Crippen LogP contribution in [-0.4, -0.2) is 33.9 Å². The van der Waals surface area contributed by atoms with Crippen molar-refractivity contribution in [1.29, 1.82) is 0 Å². The van der Waals surface area contributed by atoms with Crippen molar-refractivity contribution in [3.05, 3.63) is 11.8 Å². The average molecular weight is 254 g/mol. The van der Waals surface area contributed by atoms with Crippen LogP contribution in [0.25, 0.3) is 0 Å². The maximum absolute atomic E-state index is 9.67. The van der Waals surface area contributed by atoms with Crippen LogP contribution >= 0.6 is 0 Å². The Balaban J connectivity index is 1.81. The maximum atomic E-state index is 9.67. The highest BCUT2D eigenvalue weighted by atomic mass is 16.6. The van der Waals surface area contributed by atoms with Gasteiger partial charge in [0.25, 0.3) is 0 Å². The number of H-pyrrole nitrogens is 1. The minimum atomic E-state index is -0.888. The van der Waals surface area contributed by atoms with Gasteiger partial charge in [-0.25, -0.2) is 0 Å². The number of ether oxygens (including phenoxy) is 1. The lowest BCUT2D eigenvalue weighted by molar-refractivity contribution is -0.155. The highest BCUT2D eigenvalue weighted by Gasteiger charge is 2.29. The summed E-state index contributed by atoms with van der Waals surface area (Å²) >= 11 is 0. The van der Waals surface area contributed by atoms with Crippen molar-refractivity contribution in [2.75, 3.05) is 5.73 Å². The quantitative estimate of drug-likeness (QED) is 0.586. The largest absolute Gasteiger partial charge is 0.382 e. The smallest absolute Gasteiger partial charge is 0.213 e. The van der Waals surface area contributed by atoms with E-state index in [4.69, 9.17) is 10.5 Å². The molecule has 0 aliphatic heterocycles. The van der Waals surface area contributed by atoms with E-state index in [9.17, 15) is 5.11 Å². The molecule has 6 heteroatoms. The molecule has 3 atom stereocenters. The summed E-state index contributed by atoms with van der Waals surface area (Å²) in [6.07, 6.45) is 2.06. The lowest BCUT2D eigenvalue weighted by Gasteiger charge is -2.20. The van der Waals surface area contributed by atoms with Crippen molar-refractivity contribution >= 4 is 5.82 Å². The third-order valence-corrected chi connectivity index (χ3v) is 3.24. The SMILES string of the molecule is CC(C)NC(O)O[C@@H]1CC[C@H](c2cc(N)n[nH]2)C1. The summed E-state index contributed by atoms with van der Waals surface area (Å²) in [4.78, 5) is 0. The fourth-order valence-corrected chi connectivity index (χ4v) is 2.42.